The maximum Gasteiger partial charge on any atom is 0.337 e. The SMILES string of the molecule is CCOC(=O)C1=C(c2ccccc2)Nc2nc(SCC)[nH]c(=O)c2C1c1ccc(OC)c(OC)c1. The molecule has 2 aromatic carbocycles. The molecule has 0 saturated heterocycles. The number of aromatic nitrogens is 2. The van der Waals surface area contributed by atoms with Crippen LogP contribution in [0, 0.1) is 0 Å². The highest BCUT2D eigenvalue weighted by Crippen LogP contribution is 2.44. The Hall–Kier alpha value is -3.72. The fraction of sp³-hybridized carbons (Fsp3) is 0.269. The van der Waals surface area contributed by atoms with E-state index in [1.54, 1.807) is 26.2 Å². The lowest BCUT2D eigenvalue weighted by Crippen LogP contribution is -2.31. The number of carbonyl (C=O) groups is 1. The van der Waals surface area contributed by atoms with Gasteiger partial charge in [0.1, 0.15) is 5.82 Å². The number of hydrogen-bond donors (Lipinski definition) is 2. The Kier molecular flexibility index (Phi) is 7.45. The van der Waals surface area contributed by atoms with E-state index in [0.29, 0.717) is 44.9 Å². The van der Waals surface area contributed by atoms with Crippen molar-refractivity contribution in [3.63, 3.8) is 0 Å². The molecule has 35 heavy (non-hydrogen) atoms. The van der Waals surface area contributed by atoms with Crippen LogP contribution in [0.2, 0.25) is 0 Å². The summed E-state index contributed by atoms with van der Waals surface area (Å²) in [7, 11) is 3.09. The van der Waals surface area contributed by atoms with Crippen molar-refractivity contribution in [1.82, 2.24) is 9.97 Å². The lowest BCUT2D eigenvalue weighted by atomic mass is 9.81. The van der Waals surface area contributed by atoms with Gasteiger partial charge >= 0.3 is 5.97 Å². The number of esters is 1. The number of rotatable bonds is 8. The Morgan fingerprint density at radius 3 is 2.46 bits per heavy atom. The molecule has 0 spiro atoms. The molecule has 2 N–H and O–H groups in total. The highest BCUT2D eigenvalue weighted by Gasteiger charge is 2.38. The highest BCUT2D eigenvalue weighted by atomic mass is 32.2. The third kappa shape index (κ3) is 4.77. The number of ether oxygens (including phenoxy) is 3. The smallest absolute Gasteiger partial charge is 0.337 e. The first-order valence-corrected chi connectivity index (χ1v) is 12.2. The van der Waals surface area contributed by atoms with Crippen LogP contribution in [0.3, 0.4) is 0 Å². The molecule has 1 aliphatic rings. The molecule has 0 aliphatic carbocycles. The molecule has 4 rings (SSSR count). The van der Waals surface area contributed by atoms with Crippen molar-refractivity contribution >= 4 is 29.2 Å². The van der Waals surface area contributed by atoms with E-state index in [1.165, 1.54) is 18.9 Å². The van der Waals surface area contributed by atoms with Crippen molar-refractivity contribution in [3.8, 4) is 11.5 Å². The van der Waals surface area contributed by atoms with Crippen molar-refractivity contribution in [3.05, 3.63) is 81.1 Å². The summed E-state index contributed by atoms with van der Waals surface area (Å²) in [5, 5.41) is 3.77. The topological polar surface area (TPSA) is 103 Å². The Balaban J connectivity index is 2.04. The summed E-state index contributed by atoms with van der Waals surface area (Å²) in [6.45, 7) is 3.92. The highest BCUT2D eigenvalue weighted by molar-refractivity contribution is 7.99. The average Bonchev–Trinajstić information content (AvgIpc) is 2.88. The minimum Gasteiger partial charge on any atom is -0.493 e. The molecule has 1 aromatic heterocycles. The lowest BCUT2D eigenvalue weighted by Gasteiger charge is -2.30. The van der Waals surface area contributed by atoms with Gasteiger partial charge in [-0.25, -0.2) is 9.78 Å². The Morgan fingerprint density at radius 2 is 1.80 bits per heavy atom. The van der Waals surface area contributed by atoms with E-state index in [9.17, 15) is 9.59 Å². The van der Waals surface area contributed by atoms with Crippen molar-refractivity contribution in [2.45, 2.75) is 24.9 Å². The molecule has 1 aliphatic heterocycles. The van der Waals surface area contributed by atoms with Gasteiger partial charge in [-0.15, -0.1) is 0 Å². The number of thioether (sulfide) groups is 1. The van der Waals surface area contributed by atoms with E-state index in [0.717, 1.165) is 11.3 Å². The maximum absolute atomic E-state index is 13.4. The molecule has 0 radical (unpaired) electrons. The molecule has 0 fully saturated rings. The van der Waals surface area contributed by atoms with Crippen LogP contribution in [0.15, 0.2) is 64.1 Å². The minimum absolute atomic E-state index is 0.191. The van der Waals surface area contributed by atoms with Crippen LogP contribution in [-0.4, -0.2) is 42.5 Å². The molecule has 1 atom stereocenters. The fourth-order valence-electron chi connectivity index (χ4n) is 4.13. The van der Waals surface area contributed by atoms with E-state index in [2.05, 4.69) is 15.3 Å². The van der Waals surface area contributed by atoms with Gasteiger partial charge < -0.3 is 24.5 Å². The summed E-state index contributed by atoms with van der Waals surface area (Å²) in [6, 6.07) is 14.8. The molecule has 8 nitrogen and oxygen atoms in total. The van der Waals surface area contributed by atoms with E-state index in [-0.39, 0.29) is 12.2 Å². The predicted octanol–water partition coefficient (Wildman–Crippen LogP) is 4.43. The number of nitrogens with zero attached hydrogens (tertiary/aromatic N) is 1. The third-order valence-corrected chi connectivity index (χ3v) is 6.36. The summed E-state index contributed by atoms with van der Waals surface area (Å²) in [5.74, 6) is 0.898. The summed E-state index contributed by atoms with van der Waals surface area (Å²) >= 11 is 1.43. The average molecular weight is 494 g/mol. The molecule has 2 heterocycles. The number of benzene rings is 2. The summed E-state index contributed by atoms with van der Waals surface area (Å²) in [4.78, 5) is 34.4. The van der Waals surface area contributed by atoms with Gasteiger partial charge in [0.2, 0.25) is 0 Å². The van der Waals surface area contributed by atoms with Gasteiger partial charge in [-0.05, 0) is 35.9 Å². The second-order valence-corrected chi connectivity index (χ2v) is 8.87. The predicted molar refractivity (Wildman–Crippen MR) is 136 cm³/mol. The lowest BCUT2D eigenvalue weighted by molar-refractivity contribution is -0.138. The van der Waals surface area contributed by atoms with Gasteiger partial charge in [0.05, 0.1) is 43.6 Å². The zero-order valence-electron chi connectivity index (χ0n) is 20.0. The van der Waals surface area contributed by atoms with Crippen LogP contribution in [0.1, 0.15) is 36.5 Å². The number of methoxy groups -OCH3 is 2. The van der Waals surface area contributed by atoms with Crippen LogP contribution < -0.4 is 20.3 Å². The molecule has 0 amide bonds. The largest absolute Gasteiger partial charge is 0.493 e. The number of fused-ring (bicyclic) bond motifs is 1. The van der Waals surface area contributed by atoms with Gasteiger partial charge in [-0.1, -0.05) is 55.1 Å². The normalized spacial score (nSPS) is 14.7. The fourth-order valence-corrected chi connectivity index (χ4v) is 4.73. The number of nitrogens with one attached hydrogen (secondary N) is 2. The minimum atomic E-state index is -0.753. The number of H-pyrrole nitrogens is 1. The van der Waals surface area contributed by atoms with E-state index < -0.39 is 11.9 Å². The summed E-state index contributed by atoms with van der Waals surface area (Å²) in [6.07, 6.45) is 0. The number of anilines is 1. The Morgan fingerprint density at radius 1 is 1.06 bits per heavy atom. The van der Waals surface area contributed by atoms with Gasteiger partial charge in [-0.2, -0.15) is 0 Å². The first-order chi connectivity index (χ1) is 17.0. The number of aromatic amines is 1. The molecule has 9 heteroatoms. The van der Waals surface area contributed by atoms with E-state index in [1.807, 2.05) is 43.3 Å². The molecule has 0 saturated carbocycles. The maximum atomic E-state index is 13.4. The van der Waals surface area contributed by atoms with E-state index >= 15 is 0 Å². The van der Waals surface area contributed by atoms with Gasteiger partial charge in [0.25, 0.3) is 5.56 Å². The van der Waals surface area contributed by atoms with Crippen LogP contribution in [0.5, 0.6) is 11.5 Å². The van der Waals surface area contributed by atoms with Crippen molar-refractivity contribution < 1.29 is 19.0 Å². The Bertz CT molecular complexity index is 1320. The zero-order chi connectivity index (χ0) is 24.9. The molecule has 1 unspecified atom stereocenters. The number of hydrogen-bond acceptors (Lipinski definition) is 8. The van der Waals surface area contributed by atoms with Crippen molar-refractivity contribution in [2.75, 3.05) is 31.9 Å². The second-order valence-electron chi connectivity index (χ2n) is 7.61. The summed E-state index contributed by atoms with van der Waals surface area (Å²) < 4.78 is 16.4. The quantitative estimate of drug-likeness (QED) is 0.270. The third-order valence-electron chi connectivity index (χ3n) is 5.60. The number of carbonyl (C=O) groups excluding carboxylic acids is 1. The molecule has 0 bridgehead atoms. The first kappa shape index (κ1) is 24.4. The molecular formula is C26H27N3O5S. The van der Waals surface area contributed by atoms with Gasteiger partial charge in [-0.3, -0.25) is 4.79 Å². The Labute approximate surface area is 207 Å². The van der Waals surface area contributed by atoms with E-state index in [4.69, 9.17) is 14.2 Å². The van der Waals surface area contributed by atoms with Gasteiger partial charge in [0, 0.05) is 0 Å². The monoisotopic (exact) mass is 493 g/mol. The standard InChI is InChI=1S/C26H27N3O5S/c1-5-34-25(31)20-19(16-12-13-17(32-3)18(14-16)33-4)21-23(28-26(35-6-2)29-24(21)30)27-22(20)15-10-8-7-9-11-15/h7-14,19H,5-6H2,1-4H3,(H2,27,28,29,30). The molecule has 3 aromatic rings. The van der Waals surface area contributed by atoms with Crippen molar-refractivity contribution in [1.29, 1.82) is 0 Å². The van der Waals surface area contributed by atoms with Crippen molar-refractivity contribution in [2.24, 2.45) is 0 Å². The van der Waals surface area contributed by atoms with Crippen LogP contribution in [0.4, 0.5) is 5.82 Å². The summed E-state index contributed by atoms with van der Waals surface area (Å²) in [5.41, 5.74) is 2.32. The second kappa shape index (κ2) is 10.7. The van der Waals surface area contributed by atoms with Crippen LogP contribution in [0.25, 0.3) is 5.70 Å². The van der Waals surface area contributed by atoms with Crippen LogP contribution >= 0.6 is 11.8 Å². The molecular weight excluding hydrogens is 466 g/mol. The molecule has 182 valence electrons. The first-order valence-electron chi connectivity index (χ1n) is 11.2. The zero-order valence-corrected chi connectivity index (χ0v) is 20.8. The van der Waals surface area contributed by atoms with Crippen LogP contribution in [-0.2, 0) is 9.53 Å². The van der Waals surface area contributed by atoms with Gasteiger partial charge in [0.15, 0.2) is 16.7 Å².